The smallest absolute Gasteiger partial charge is 0.338 e. The van der Waals surface area contributed by atoms with Gasteiger partial charge in [-0.2, -0.15) is 0 Å². The third-order valence-corrected chi connectivity index (χ3v) is 4.38. The van der Waals surface area contributed by atoms with Crippen molar-refractivity contribution in [2.75, 3.05) is 13.2 Å². The summed E-state index contributed by atoms with van der Waals surface area (Å²) < 4.78 is 5.44. The molecule has 1 N–H and O–H groups in total. The van der Waals surface area contributed by atoms with Gasteiger partial charge in [0.15, 0.2) is 0 Å². The average Bonchev–Trinajstić information content (AvgIpc) is 2.90. The predicted molar refractivity (Wildman–Crippen MR) is 87.1 cm³/mol. The van der Waals surface area contributed by atoms with Gasteiger partial charge >= 0.3 is 5.97 Å². The van der Waals surface area contributed by atoms with E-state index in [0.29, 0.717) is 12.2 Å². The Morgan fingerprint density at radius 3 is 2.78 bits per heavy atom. The van der Waals surface area contributed by atoms with E-state index in [1.165, 1.54) is 0 Å². The van der Waals surface area contributed by atoms with Gasteiger partial charge in [-0.15, -0.1) is 0 Å². The number of hydrogen-bond acceptors (Lipinski definition) is 4. The summed E-state index contributed by atoms with van der Waals surface area (Å²) in [5.41, 5.74) is 0.919. The van der Waals surface area contributed by atoms with Gasteiger partial charge in [-0.25, -0.2) is 4.79 Å². The zero-order valence-corrected chi connectivity index (χ0v) is 14.0. The summed E-state index contributed by atoms with van der Waals surface area (Å²) in [4.78, 5) is 27.5. The Morgan fingerprint density at radius 2 is 2.04 bits per heavy atom. The first-order chi connectivity index (χ1) is 10.9. The number of carbonyl (C=O) groups is 2. The molecule has 2 atom stereocenters. The summed E-state index contributed by atoms with van der Waals surface area (Å²) in [5, 5.41) is 3.07. The van der Waals surface area contributed by atoms with Gasteiger partial charge in [0.25, 0.3) is 0 Å². The molecule has 2 heterocycles. The predicted octanol–water partition coefficient (Wildman–Crippen LogP) is 2.28. The summed E-state index contributed by atoms with van der Waals surface area (Å²) >= 11 is 0. The highest BCUT2D eigenvalue weighted by Gasteiger charge is 2.40. The van der Waals surface area contributed by atoms with E-state index in [4.69, 9.17) is 4.74 Å². The van der Waals surface area contributed by atoms with Crippen LogP contribution in [0.5, 0.6) is 0 Å². The van der Waals surface area contributed by atoms with E-state index in [1.807, 2.05) is 39.0 Å². The van der Waals surface area contributed by atoms with Crippen LogP contribution in [0.4, 0.5) is 0 Å². The number of ether oxygens (including phenoxy) is 1. The summed E-state index contributed by atoms with van der Waals surface area (Å²) in [7, 11) is 0. The molecular formula is C18H24N2O3. The maximum Gasteiger partial charge on any atom is 0.338 e. The third kappa shape index (κ3) is 3.24. The molecule has 1 saturated heterocycles. The Balaban J connectivity index is 2.05. The van der Waals surface area contributed by atoms with Crippen molar-refractivity contribution in [3.8, 4) is 0 Å². The molecule has 2 aliphatic heterocycles. The normalized spacial score (nSPS) is 24.9. The zero-order chi connectivity index (χ0) is 16.6. The minimum atomic E-state index is -0.439. The number of cyclic esters (lactones) is 1. The number of nitrogens with one attached hydrogen (secondary N) is 1. The lowest BCUT2D eigenvalue weighted by Crippen LogP contribution is -2.50. The minimum Gasteiger partial charge on any atom is -0.460 e. The first-order valence-electron chi connectivity index (χ1n) is 8.20. The van der Waals surface area contributed by atoms with Gasteiger partial charge in [-0.3, -0.25) is 9.69 Å². The number of hydrogen-bond donors (Lipinski definition) is 1. The second kappa shape index (κ2) is 5.96. The van der Waals surface area contributed by atoms with E-state index >= 15 is 0 Å². The molecule has 1 aromatic carbocycles. The van der Waals surface area contributed by atoms with Crippen LogP contribution in [0, 0.1) is 0 Å². The fourth-order valence-electron chi connectivity index (χ4n) is 3.46. The summed E-state index contributed by atoms with van der Waals surface area (Å²) in [6.45, 7) is 7.10. The number of benzene rings is 1. The van der Waals surface area contributed by atoms with Crippen LogP contribution in [0.25, 0.3) is 0 Å². The highest BCUT2D eigenvalue weighted by molar-refractivity contribution is 5.95. The highest BCUT2D eigenvalue weighted by atomic mass is 16.5. The molecule has 5 heteroatoms. The molecule has 0 saturated carbocycles. The number of esters is 1. The Morgan fingerprint density at radius 1 is 1.30 bits per heavy atom. The number of carbonyl (C=O) groups excluding carboxylic acids is 2. The van der Waals surface area contributed by atoms with Crippen molar-refractivity contribution in [1.82, 2.24) is 10.2 Å². The molecule has 0 aliphatic carbocycles. The molecule has 0 spiro atoms. The van der Waals surface area contributed by atoms with Crippen molar-refractivity contribution < 1.29 is 14.3 Å². The Labute approximate surface area is 137 Å². The Hall–Kier alpha value is -1.88. The lowest BCUT2D eigenvalue weighted by atomic mass is 9.95. The highest BCUT2D eigenvalue weighted by Crippen LogP contribution is 2.34. The van der Waals surface area contributed by atoms with E-state index in [9.17, 15) is 9.59 Å². The van der Waals surface area contributed by atoms with Crippen molar-refractivity contribution in [2.24, 2.45) is 0 Å². The zero-order valence-electron chi connectivity index (χ0n) is 14.0. The Kier molecular flexibility index (Phi) is 4.15. The van der Waals surface area contributed by atoms with E-state index in [-0.39, 0.29) is 23.5 Å². The van der Waals surface area contributed by atoms with E-state index < -0.39 is 6.04 Å². The van der Waals surface area contributed by atoms with Crippen molar-refractivity contribution in [3.63, 3.8) is 0 Å². The quantitative estimate of drug-likeness (QED) is 0.808. The fraction of sp³-hybridized carbons (Fsp3) is 0.556. The molecule has 3 rings (SSSR count). The fourth-order valence-corrected chi connectivity index (χ4v) is 3.46. The largest absolute Gasteiger partial charge is 0.460 e. The summed E-state index contributed by atoms with van der Waals surface area (Å²) in [6.07, 6.45) is 1.97. The average molecular weight is 316 g/mol. The van der Waals surface area contributed by atoms with Crippen molar-refractivity contribution in [2.45, 2.75) is 51.2 Å². The monoisotopic (exact) mass is 316 g/mol. The van der Waals surface area contributed by atoms with Gasteiger partial charge in [0.1, 0.15) is 12.6 Å². The Bertz CT molecular complexity index is 621. The van der Waals surface area contributed by atoms with Crippen LogP contribution >= 0.6 is 0 Å². The van der Waals surface area contributed by atoms with Gasteiger partial charge in [0.2, 0.25) is 5.91 Å². The lowest BCUT2D eigenvalue weighted by Gasteiger charge is -2.36. The maximum atomic E-state index is 13.0. The van der Waals surface area contributed by atoms with Crippen molar-refractivity contribution in [1.29, 1.82) is 0 Å². The topological polar surface area (TPSA) is 58.6 Å². The standard InChI is InChI=1S/C18H24N2O3/c1-18(2,3)19-16(21)15-13-8-4-5-9-14(13)17(22)23-11-12-7-6-10-20(12)15/h4-5,8-9,12,15H,6-7,10-11H2,1-3H3,(H,19,21)/t12-,15+/m0/s1. The second-order valence-electron chi connectivity index (χ2n) is 7.36. The molecule has 124 valence electrons. The van der Waals surface area contributed by atoms with Crippen LogP contribution in [-0.2, 0) is 9.53 Å². The van der Waals surface area contributed by atoms with Crippen LogP contribution < -0.4 is 5.32 Å². The molecule has 23 heavy (non-hydrogen) atoms. The van der Waals surface area contributed by atoms with Gasteiger partial charge in [-0.05, 0) is 51.8 Å². The van der Waals surface area contributed by atoms with Crippen LogP contribution in [-0.4, -0.2) is 41.5 Å². The van der Waals surface area contributed by atoms with E-state index in [0.717, 1.165) is 24.9 Å². The number of nitrogens with zero attached hydrogens (tertiary/aromatic N) is 1. The number of rotatable bonds is 1. The molecule has 0 bridgehead atoms. The maximum absolute atomic E-state index is 13.0. The van der Waals surface area contributed by atoms with Gasteiger partial charge in [-0.1, -0.05) is 18.2 Å². The van der Waals surface area contributed by atoms with Crippen LogP contribution in [0.2, 0.25) is 0 Å². The summed E-state index contributed by atoms with van der Waals surface area (Å²) in [6, 6.07) is 6.96. The molecule has 0 aromatic heterocycles. The molecular weight excluding hydrogens is 292 g/mol. The molecule has 1 amide bonds. The van der Waals surface area contributed by atoms with Crippen LogP contribution in [0.1, 0.15) is 55.6 Å². The lowest BCUT2D eigenvalue weighted by molar-refractivity contribution is -0.129. The molecule has 5 nitrogen and oxygen atoms in total. The molecule has 2 aliphatic rings. The molecule has 1 aromatic rings. The number of fused-ring (bicyclic) bond motifs is 2. The first-order valence-corrected chi connectivity index (χ1v) is 8.20. The third-order valence-electron chi connectivity index (χ3n) is 4.38. The minimum absolute atomic E-state index is 0.0495. The summed E-state index contributed by atoms with van der Waals surface area (Å²) in [5.74, 6) is -0.382. The van der Waals surface area contributed by atoms with Gasteiger partial charge in [0.05, 0.1) is 5.56 Å². The first kappa shape index (κ1) is 16.0. The van der Waals surface area contributed by atoms with E-state index in [1.54, 1.807) is 6.07 Å². The molecule has 1 fully saturated rings. The molecule has 0 unspecified atom stereocenters. The number of amides is 1. The SMILES string of the molecule is CC(C)(C)NC(=O)[C@H]1c2ccccc2C(=O)OC[C@@H]2CCCN21. The van der Waals surface area contributed by atoms with Gasteiger partial charge in [0, 0.05) is 11.6 Å². The van der Waals surface area contributed by atoms with E-state index in [2.05, 4.69) is 10.2 Å². The van der Waals surface area contributed by atoms with Crippen LogP contribution in [0.3, 0.4) is 0 Å². The van der Waals surface area contributed by atoms with Crippen molar-refractivity contribution in [3.05, 3.63) is 35.4 Å². The van der Waals surface area contributed by atoms with Crippen molar-refractivity contribution >= 4 is 11.9 Å². The van der Waals surface area contributed by atoms with Crippen LogP contribution in [0.15, 0.2) is 24.3 Å². The van der Waals surface area contributed by atoms with Gasteiger partial charge < -0.3 is 10.1 Å². The molecule has 0 radical (unpaired) electrons. The second-order valence-corrected chi connectivity index (χ2v) is 7.36.